The molecule has 5 heteroatoms. The van der Waals surface area contributed by atoms with Crippen LogP contribution in [0.25, 0.3) is 0 Å². The van der Waals surface area contributed by atoms with Crippen LogP contribution in [0.4, 0.5) is 0 Å². The molecule has 0 radical (unpaired) electrons. The summed E-state index contributed by atoms with van der Waals surface area (Å²) in [5.41, 5.74) is 4.53. The van der Waals surface area contributed by atoms with Gasteiger partial charge in [-0.25, -0.2) is 0 Å². The first kappa shape index (κ1) is 19.9. The van der Waals surface area contributed by atoms with Gasteiger partial charge < -0.3 is 10.1 Å². The van der Waals surface area contributed by atoms with Crippen molar-refractivity contribution in [3.63, 3.8) is 0 Å². The number of rotatable bonds is 6. The zero-order valence-electron chi connectivity index (χ0n) is 16.0. The summed E-state index contributed by atoms with van der Waals surface area (Å²) in [7, 11) is 0. The third-order valence-electron chi connectivity index (χ3n) is 5.07. The second-order valence-corrected chi connectivity index (χ2v) is 7.57. The molecule has 0 bridgehead atoms. The lowest BCUT2D eigenvalue weighted by Crippen LogP contribution is -2.44. The third kappa shape index (κ3) is 5.55. The number of aryl methyl sites for hydroxylation is 2. The Bertz CT molecular complexity index is 788. The number of nitrogens with one attached hydrogen (secondary N) is 1. The molecule has 0 spiro atoms. The van der Waals surface area contributed by atoms with Crippen molar-refractivity contribution in [2.75, 3.05) is 32.8 Å². The minimum Gasteiger partial charge on any atom is -0.379 e. The Morgan fingerprint density at radius 3 is 2.70 bits per heavy atom. The molecule has 0 saturated carbocycles. The lowest BCUT2D eigenvalue weighted by atomic mass is 10.0. The van der Waals surface area contributed by atoms with E-state index in [-0.39, 0.29) is 11.9 Å². The van der Waals surface area contributed by atoms with Gasteiger partial charge in [0.2, 0.25) is 5.91 Å². The SMILES string of the molecule is Cc1ccc(C)c(CC(=O)NCC(c2cccc(Cl)c2)N2CCOCC2)c1. The van der Waals surface area contributed by atoms with Crippen LogP contribution in [-0.2, 0) is 16.0 Å². The number of benzene rings is 2. The molecule has 144 valence electrons. The highest BCUT2D eigenvalue weighted by Gasteiger charge is 2.23. The zero-order valence-corrected chi connectivity index (χ0v) is 16.8. The highest BCUT2D eigenvalue weighted by atomic mass is 35.5. The van der Waals surface area contributed by atoms with Crippen LogP contribution in [-0.4, -0.2) is 43.7 Å². The Kier molecular flexibility index (Phi) is 6.89. The van der Waals surface area contributed by atoms with Gasteiger partial charge in [-0.3, -0.25) is 9.69 Å². The van der Waals surface area contributed by atoms with Crippen LogP contribution >= 0.6 is 11.6 Å². The fraction of sp³-hybridized carbons (Fsp3) is 0.409. The molecule has 1 atom stereocenters. The summed E-state index contributed by atoms with van der Waals surface area (Å²) in [6.45, 7) is 7.79. The van der Waals surface area contributed by atoms with Crippen LogP contribution in [0.3, 0.4) is 0 Å². The number of nitrogens with zero attached hydrogens (tertiary/aromatic N) is 1. The number of carbonyl (C=O) groups is 1. The third-order valence-corrected chi connectivity index (χ3v) is 5.30. The number of amides is 1. The van der Waals surface area contributed by atoms with Gasteiger partial charge in [0.05, 0.1) is 25.7 Å². The smallest absolute Gasteiger partial charge is 0.224 e. The van der Waals surface area contributed by atoms with E-state index in [4.69, 9.17) is 16.3 Å². The lowest BCUT2D eigenvalue weighted by molar-refractivity contribution is -0.120. The molecular weight excluding hydrogens is 360 g/mol. The molecule has 2 aromatic rings. The molecule has 1 N–H and O–H groups in total. The molecule has 1 unspecified atom stereocenters. The Balaban J connectivity index is 1.68. The molecule has 3 rings (SSSR count). The van der Waals surface area contributed by atoms with E-state index in [1.165, 1.54) is 5.56 Å². The number of carbonyl (C=O) groups excluding carboxylic acids is 1. The maximum Gasteiger partial charge on any atom is 0.224 e. The fourth-order valence-electron chi connectivity index (χ4n) is 3.50. The number of hydrogen-bond donors (Lipinski definition) is 1. The minimum absolute atomic E-state index is 0.0454. The second kappa shape index (κ2) is 9.36. The number of halogens is 1. The van der Waals surface area contributed by atoms with Crippen molar-refractivity contribution in [2.24, 2.45) is 0 Å². The molecule has 1 heterocycles. The summed E-state index contributed by atoms with van der Waals surface area (Å²) in [6.07, 6.45) is 0.402. The zero-order chi connectivity index (χ0) is 19.2. The second-order valence-electron chi connectivity index (χ2n) is 7.13. The van der Waals surface area contributed by atoms with Crippen LogP contribution in [0, 0.1) is 13.8 Å². The Morgan fingerprint density at radius 2 is 1.96 bits per heavy atom. The molecule has 1 aliphatic heterocycles. The van der Waals surface area contributed by atoms with Crippen molar-refractivity contribution in [3.8, 4) is 0 Å². The largest absolute Gasteiger partial charge is 0.379 e. The number of hydrogen-bond acceptors (Lipinski definition) is 3. The van der Waals surface area contributed by atoms with E-state index in [1.54, 1.807) is 0 Å². The molecular formula is C22H27ClN2O2. The molecule has 4 nitrogen and oxygen atoms in total. The van der Waals surface area contributed by atoms with E-state index in [9.17, 15) is 4.79 Å². The average Bonchev–Trinajstić information content (AvgIpc) is 2.66. The molecule has 2 aromatic carbocycles. The van der Waals surface area contributed by atoms with Crippen molar-refractivity contribution in [1.82, 2.24) is 10.2 Å². The predicted molar refractivity (Wildman–Crippen MR) is 109 cm³/mol. The van der Waals surface area contributed by atoms with Gasteiger partial charge in [-0.2, -0.15) is 0 Å². The van der Waals surface area contributed by atoms with Crippen LogP contribution in [0.5, 0.6) is 0 Å². The molecule has 27 heavy (non-hydrogen) atoms. The van der Waals surface area contributed by atoms with Crippen molar-refractivity contribution in [1.29, 1.82) is 0 Å². The van der Waals surface area contributed by atoms with Crippen LogP contribution in [0.1, 0.15) is 28.3 Å². The fourth-order valence-corrected chi connectivity index (χ4v) is 3.70. The van der Waals surface area contributed by atoms with Gasteiger partial charge in [-0.05, 0) is 42.7 Å². The monoisotopic (exact) mass is 386 g/mol. The van der Waals surface area contributed by atoms with Crippen molar-refractivity contribution >= 4 is 17.5 Å². The number of morpholine rings is 1. The minimum atomic E-state index is 0.0454. The molecule has 1 fully saturated rings. The average molecular weight is 387 g/mol. The Morgan fingerprint density at radius 1 is 1.19 bits per heavy atom. The molecule has 1 amide bonds. The first-order valence-corrected chi connectivity index (χ1v) is 9.81. The van der Waals surface area contributed by atoms with E-state index >= 15 is 0 Å². The van der Waals surface area contributed by atoms with E-state index in [1.807, 2.05) is 25.1 Å². The van der Waals surface area contributed by atoms with Crippen molar-refractivity contribution in [2.45, 2.75) is 26.3 Å². The predicted octanol–water partition coefficient (Wildman–Crippen LogP) is 3.69. The van der Waals surface area contributed by atoms with Crippen LogP contribution in [0.15, 0.2) is 42.5 Å². The standard InChI is InChI=1S/C22H27ClN2O2/c1-16-6-7-17(2)19(12-16)14-22(26)24-15-21(25-8-10-27-11-9-25)18-4-3-5-20(23)13-18/h3-7,12-13,21H,8-11,14-15H2,1-2H3,(H,24,26). The summed E-state index contributed by atoms with van der Waals surface area (Å²) >= 11 is 6.20. The first-order chi connectivity index (χ1) is 13.0. The topological polar surface area (TPSA) is 41.6 Å². The van der Waals surface area contributed by atoms with Gasteiger partial charge in [-0.1, -0.05) is 47.5 Å². The van der Waals surface area contributed by atoms with Crippen molar-refractivity contribution in [3.05, 3.63) is 69.7 Å². The summed E-state index contributed by atoms with van der Waals surface area (Å²) in [6, 6.07) is 14.2. The van der Waals surface area contributed by atoms with Gasteiger partial charge in [0.15, 0.2) is 0 Å². The summed E-state index contributed by atoms with van der Waals surface area (Å²) in [5.74, 6) is 0.0454. The van der Waals surface area contributed by atoms with E-state index < -0.39 is 0 Å². The van der Waals surface area contributed by atoms with E-state index in [0.717, 1.165) is 29.8 Å². The molecule has 0 aliphatic carbocycles. The quantitative estimate of drug-likeness (QED) is 0.823. The highest BCUT2D eigenvalue weighted by molar-refractivity contribution is 6.30. The molecule has 1 saturated heterocycles. The highest BCUT2D eigenvalue weighted by Crippen LogP contribution is 2.24. The summed E-state index contributed by atoms with van der Waals surface area (Å²) in [5, 5.41) is 3.84. The molecule has 0 aromatic heterocycles. The van der Waals surface area contributed by atoms with Crippen LogP contribution < -0.4 is 5.32 Å². The maximum absolute atomic E-state index is 12.6. The van der Waals surface area contributed by atoms with Crippen LogP contribution in [0.2, 0.25) is 5.02 Å². The first-order valence-electron chi connectivity index (χ1n) is 9.43. The maximum atomic E-state index is 12.6. The van der Waals surface area contributed by atoms with Gasteiger partial charge in [0.25, 0.3) is 0 Å². The van der Waals surface area contributed by atoms with Gasteiger partial charge in [0, 0.05) is 24.7 Å². The van der Waals surface area contributed by atoms with Gasteiger partial charge in [-0.15, -0.1) is 0 Å². The summed E-state index contributed by atoms with van der Waals surface area (Å²) < 4.78 is 5.48. The Labute approximate surface area is 166 Å². The van der Waals surface area contributed by atoms with Gasteiger partial charge >= 0.3 is 0 Å². The van der Waals surface area contributed by atoms with E-state index in [2.05, 4.69) is 41.4 Å². The molecule has 1 aliphatic rings. The number of ether oxygens (including phenoxy) is 1. The van der Waals surface area contributed by atoms with E-state index in [0.29, 0.717) is 31.2 Å². The normalized spacial score (nSPS) is 16.1. The lowest BCUT2D eigenvalue weighted by Gasteiger charge is -2.35. The summed E-state index contributed by atoms with van der Waals surface area (Å²) in [4.78, 5) is 14.9. The van der Waals surface area contributed by atoms with Crippen molar-refractivity contribution < 1.29 is 9.53 Å². The Hall–Kier alpha value is -1.88. The van der Waals surface area contributed by atoms with Gasteiger partial charge in [0.1, 0.15) is 0 Å².